The number of rotatable bonds is 4. The van der Waals surface area contributed by atoms with E-state index in [-0.39, 0.29) is 5.69 Å². The molecule has 0 bridgehead atoms. The second kappa shape index (κ2) is 6.68. The lowest BCUT2D eigenvalue weighted by Crippen LogP contribution is -1.88. The van der Waals surface area contributed by atoms with Crippen LogP contribution in [0.2, 0.25) is 5.02 Å². The Kier molecular flexibility index (Phi) is 4.45. The molecule has 0 aliphatic carbocycles. The van der Waals surface area contributed by atoms with Crippen molar-refractivity contribution < 1.29 is 4.92 Å². The SMILES string of the molecule is O=[N+]([O-])c1ccc(C=Nc2nc(-c3ccc(Cl)cc3)cs2)cc1. The summed E-state index contributed by atoms with van der Waals surface area (Å²) in [5.41, 5.74) is 2.64. The van der Waals surface area contributed by atoms with Crippen molar-refractivity contribution >= 4 is 40.0 Å². The molecule has 0 saturated heterocycles. The number of nitro benzene ring substituents is 1. The van der Waals surface area contributed by atoms with Crippen molar-refractivity contribution in [3.63, 3.8) is 0 Å². The summed E-state index contributed by atoms with van der Waals surface area (Å²) in [4.78, 5) is 18.9. The first-order valence-electron chi connectivity index (χ1n) is 6.62. The smallest absolute Gasteiger partial charge is 0.258 e. The maximum Gasteiger partial charge on any atom is 0.269 e. The van der Waals surface area contributed by atoms with Gasteiger partial charge in [0.25, 0.3) is 5.69 Å². The van der Waals surface area contributed by atoms with E-state index < -0.39 is 4.92 Å². The third kappa shape index (κ3) is 3.80. The van der Waals surface area contributed by atoms with Crippen molar-refractivity contribution in [2.45, 2.75) is 0 Å². The van der Waals surface area contributed by atoms with E-state index in [0.717, 1.165) is 16.8 Å². The highest BCUT2D eigenvalue weighted by Crippen LogP contribution is 2.27. The molecule has 3 aromatic rings. The molecular weight excluding hydrogens is 334 g/mol. The summed E-state index contributed by atoms with van der Waals surface area (Å²) in [7, 11) is 0. The number of hydrogen-bond acceptors (Lipinski definition) is 5. The molecule has 0 aliphatic rings. The highest BCUT2D eigenvalue weighted by molar-refractivity contribution is 7.13. The minimum atomic E-state index is -0.430. The van der Waals surface area contributed by atoms with Gasteiger partial charge in [-0.15, -0.1) is 11.3 Å². The number of benzene rings is 2. The minimum Gasteiger partial charge on any atom is -0.258 e. The summed E-state index contributed by atoms with van der Waals surface area (Å²) < 4.78 is 0. The monoisotopic (exact) mass is 343 g/mol. The van der Waals surface area contributed by atoms with Gasteiger partial charge in [0, 0.05) is 34.3 Å². The predicted octanol–water partition coefficient (Wildman–Crippen LogP) is 5.12. The number of aliphatic imine (C=N–C) groups is 1. The van der Waals surface area contributed by atoms with Crippen molar-refractivity contribution in [1.82, 2.24) is 4.98 Å². The van der Waals surface area contributed by atoms with Crippen LogP contribution >= 0.6 is 22.9 Å². The van der Waals surface area contributed by atoms with Gasteiger partial charge in [0.15, 0.2) is 0 Å². The molecule has 0 unspecified atom stereocenters. The van der Waals surface area contributed by atoms with Crippen LogP contribution in [0.3, 0.4) is 0 Å². The maximum absolute atomic E-state index is 10.6. The number of non-ortho nitro benzene ring substituents is 1. The summed E-state index contributed by atoms with van der Waals surface area (Å²) in [5.74, 6) is 0. The summed E-state index contributed by atoms with van der Waals surface area (Å²) in [5, 5.41) is 13.8. The Morgan fingerprint density at radius 2 is 1.83 bits per heavy atom. The van der Waals surface area contributed by atoms with Crippen LogP contribution in [-0.4, -0.2) is 16.1 Å². The Balaban J connectivity index is 1.75. The van der Waals surface area contributed by atoms with E-state index in [1.54, 1.807) is 18.3 Å². The molecule has 2 aromatic carbocycles. The van der Waals surface area contributed by atoms with E-state index >= 15 is 0 Å². The van der Waals surface area contributed by atoms with E-state index in [0.29, 0.717) is 10.2 Å². The van der Waals surface area contributed by atoms with Crippen molar-refractivity contribution in [1.29, 1.82) is 0 Å². The summed E-state index contributed by atoms with van der Waals surface area (Å²) in [6.45, 7) is 0. The van der Waals surface area contributed by atoms with Crippen LogP contribution in [0, 0.1) is 10.1 Å². The van der Waals surface area contributed by atoms with E-state index in [2.05, 4.69) is 9.98 Å². The summed E-state index contributed by atoms with van der Waals surface area (Å²) >= 11 is 7.29. The molecule has 1 heterocycles. The first kappa shape index (κ1) is 15.3. The van der Waals surface area contributed by atoms with Gasteiger partial charge in [-0.05, 0) is 29.8 Å². The zero-order chi connectivity index (χ0) is 16.2. The maximum atomic E-state index is 10.6. The first-order chi connectivity index (χ1) is 11.1. The Hall–Kier alpha value is -2.57. The molecule has 23 heavy (non-hydrogen) atoms. The standard InChI is InChI=1S/C16H10ClN3O2S/c17-13-5-3-12(4-6-13)15-10-23-16(19-15)18-9-11-1-7-14(8-2-11)20(21)22/h1-10H. The van der Waals surface area contributed by atoms with Gasteiger partial charge < -0.3 is 0 Å². The molecule has 0 aliphatic heterocycles. The zero-order valence-electron chi connectivity index (χ0n) is 11.7. The van der Waals surface area contributed by atoms with Gasteiger partial charge in [-0.2, -0.15) is 0 Å². The molecular formula is C16H10ClN3O2S. The first-order valence-corrected chi connectivity index (χ1v) is 7.87. The molecule has 0 saturated carbocycles. The Labute approximate surface area is 141 Å². The predicted molar refractivity (Wildman–Crippen MR) is 92.9 cm³/mol. The van der Waals surface area contributed by atoms with Crippen LogP contribution in [-0.2, 0) is 0 Å². The van der Waals surface area contributed by atoms with Gasteiger partial charge in [-0.3, -0.25) is 10.1 Å². The van der Waals surface area contributed by atoms with Gasteiger partial charge in [0.2, 0.25) is 5.13 Å². The molecule has 0 N–H and O–H groups in total. The number of nitrogens with zero attached hydrogens (tertiary/aromatic N) is 3. The van der Waals surface area contributed by atoms with Crippen molar-refractivity contribution in [2.24, 2.45) is 4.99 Å². The lowest BCUT2D eigenvalue weighted by Gasteiger charge is -1.95. The number of nitro groups is 1. The second-order valence-corrected chi connectivity index (χ2v) is 5.90. The second-order valence-electron chi connectivity index (χ2n) is 4.63. The Morgan fingerprint density at radius 3 is 2.48 bits per heavy atom. The fourth-order valence-corrected chi connectivity index (χ4v) is 2.69. The van der Waals surface area contributed by atoms with Crippen LogP contribution in [0.1, 0.15) is 5.56 Å². The topological polar surface area (TPSA) is 68.4 Å². The van der Waals surface area contributed by atoms with E-state index in [4.69, 9.17) is 11.6 Å². The fourth-order valence-electron chi connectivity index (χ4n) is 1.89. The van der Waals surface area contributed by atoms with Crippen molar-refractivity contribution in [3.8, 4) is 11.3 Å². The highest BCUT2D eigenvalue weighted by atomic mass is 35.5. The quantitative estimate of drug-likeness (QED) is 0.375. The normalized spacial score (nSPS) is 11.0. The lowest BCUT2D eigenvalue weighted by atomic mass is 10.2. The van der Waals surface area contributed by atoms with Gasteiger partial charge in [0.05, 0.1) is 10.6 Å². The third-order valence-corrected chi connectivity index (χ3v) is 4.06. The molecule has 114 valence electrons. The van der Waals surface area contributed by atoms with Crippen LogP contribution in [0.15, 0.2) is 58.9 Å². The average Bonchev–Trinajstić information content (AvgIpc) is 3.03. The Morgan fingerprint density at radius 1 is 1.13 bits per heavy atom. The number of thiazole rings is 1. The number of aromatic nitrogens is 1. The van der Waals surface area contributed by atoms with Gasteiger partial charge in [-0.1, -0.05) is 23.7 Å². The van der Waals surface area contributed by atoms with Crippen LogP contribution in [0.5, 0.6) is 0 Å². The van der Waals surface area contributed by atoms with Crippen molar-refractivity contribution in [3.05, 3.63) is 74.6 Å². The van der Waals surface area contributed by atoms with E-state index in [1.807, 2.05) is 29.6 Å². The van der Waals surface area contributed by atoms with Crippen LogP contribution in [0.25, 0.3) is 11.3 Å². The largest absolute Gasteiger partial charge is 0.269 e. The van der Waals surface area contributed by atoms with Crippen LogP contribution in [0.4, 0.5) is 10.8 Å². The lowest BCUT2D eigenvalue weighted by molar-refractivity contribution is -0.384. The number of halogens is 1. The molecule has 0 amide bonds. The van der Waals surface area contributed by atoms with Crippen LogP contribution < -0.4 is 0 Å². The molecule has 0 radical (unpaired) electrons. The van der Waals surface area contributed by atoms with Gasteiger partial charge in [0.1, 0.15) is 0 Å². The molecule has 0 fully saturated rings. The molecule has 1 aromatic heterocycles. The zero-order valence-corrected chi connectivity index (χ0v) is 13.3. The van der Waals surface area contributed by atoms with Crippen molar-refractivity contribution in [2.75, 3.05) is 0 Å². The van der Waals surface area contributed by atoms with Gasteiger partial charge >= 0.3 is 0 Å². The Bertz CT molecular complexity index is 858. The summed E-state index contributed by atoms with van der Waals surface area (Å²) in [6, 6.07) is 13.6. The van der Waals surface area contributed by atoms with E-state index in [1.165, 1.54) is 23.5 Å². The molecule has 3 rings (SSSR count). The summed E-state index contributed by atoms with van der Waals surface area (Å²) in [6.07, 6.45) is 1.63. The average molecular weight is 344 g/mol. The third-order valence-electron chi connectivity index (χ3n) is 3.06. The van der Waals surface area contributed by atoms with Gasteiger partial charge in [-0.25, -0.2) is 9.98 Å². The highest BCUT2D eigenvalue weighted by Gasteiger charge is 2.04. The molecule has 0 atom stereocenters. The molecule has 7 heteroatoms. The minimum absolute atomic E-state index is 0.0569. The number of hydrogen-bond donors (Lipinski definition) is 0. The molecule has 0 spiro atoms. The fraction of sp³-hybridized carbons (Fsp3) is 0. The van der Waals surface area contributed by atoms with E-state index in [9.17, 15) is 10.1 Å². The molecule has 5 nitrogen and oxygen atoms in total.